The molecule has 7 nitrogen and oxygen atoms in total. The molecule has 196 valence electrons. The van der Waals surface area contributed by atoms with E-state index in [0.29, 0.717) is 5.75 Å². The molecular weight excluding hydrogens is 481 g/mol. The minimum Gasteiger partial charge on any atom is -0.497 e. The number of hydrogen-bond donors (Lipinski definition) is 1. The number of benzene rings is 2. The second-order valence-corrected chi connectivity index (χ2v) is 9.94. The van der Waals surface area contributed by atoms with Gasteiger partial charge in [-0.1, -0.05) is 36.4 Å². The van der Waals surface area contributed by atoms with Crippen LogP contribution in [0.3, 0.4) is 0 Å². The Labute approximate surface area is 222 Å². The standard InChI is InChI=1S/C30H32FN5O2/c1-37-24-10-11-28(25(31)18-24)38-23-12-16-36(17-13-23)30-29(32-22-8-5-9-22)33-26-14-15-35(20-27(26)34-30)19-21-6-3-2-4-7-21/h2-11,18,23H,12-17,19-20H2,1H3,(H,32,33). The van der Waals surface area contributed by atoms with E-state index in [1.54, 1.807) is 12.1 Å². The monoisotopic (exact) mass is 513 g/mol. The Balaban J connectivity index is 1.17. The van der Waals surface area contributed by atoms with Crippen LogP contribution in [0.4, 0.5) is 16.0 Å². The third kappa shape index (κ3) is 5.36. The van der Waals surface area contributed by atoms with Crippen LogP contribution in [0.25, 0.3) is 0 Å². The van der Waals surface area contributed by atoms with Crippen molar-refractivity contribution in [2.45, 2.75) is 38.5 Å². The summed E-state index contributed by atoms with van der Waals surface area (Å²) < 4.78 is 25.5. The molecule has 2 aliphatic heterocycles. The number of rotatable bonds is 8. The summed E-state index contributed by atoms with van der Waals surface area (Å²) in [6, 6.07) is 15.3. The first kappa shape index (κ1) is 24.4. The first-order valence-electron chi connectivity index (χ1n) is 13.2. The summed E-state index contributed by atoms with van der Waals surface area (Å²) in [6.07, 6.45) is 8.44. The van der Waals surface area contributed by atoms with Gasteiger partial charge in [0.2, 0.25) is 0 Å². The number of ether oxygens (including phenoxy) is 2. The molecule has 0 unspecified atom stereocenters. The fourth-order valence-corrected chi connectivity index (χ4v) is 5.14. The van der Waals surface area contributed by atoms with Crippen molar-refractivity contribution in [1.29, 1.82) is 0 Å². The average Bonchev–Trinajstić information content (AvgIpc) is 2.92. The summed E-state index contributed by atoms with van der Waals surface area (Å²) in [4.78, 5) is 14.9. The molecule has 1 N–H and O–H groups in total. The Kier molecular flexibility index (Phi) is 6.96. The minimum absolute atomic E-state index is 0.0604. The van der Waals surface area contributed by atoms with Crippen molar-refractivity contribution in [3.8, 4) is 11.5 Å². The number of aromatic nitrogens is 2. The highest BCUT2D eigenvalue weighted by Gasteiger charge is 2.28. The number of halogens is 1. The second kappa shape index (κ2) is 10.8. The highest BCUT2D eigenvalue weighted by atomic mass is 19.1. The lowest BCUT2D eigenvalue weighted by Gasteiger charge is -2.35. The largest absolute Gasteiger partial charge is 0.497 e. The van der Waals surface area contributed by atoms with E-state index in [2.05, 4.69) is 45.4 Å². The predicted octanol–water partition coefficient (Wildman–Crippen LogP) is 5.10. The van der Waals surface area contributed by atoms with E-state index >= 15 is 0 Å². The van der Waals surface area contributed by atoms with Crippen molar-refractivity contribution in [2.24, 2.45) is 0 Å². The smallest absolute Gasteiger partial charge is 0.174 e. The number of anilines is 2. The average molecular weight is 514 g/mol. The number of piperidine rings is 1. The van der Waals surface area contributed by atoms with Crippen molar-refractivity contribution < 1.29 is 13.9 Å². The van der Waals surface area contributed by atoms with Gasteiger partial charge in [-0.05, 0) is 29.8 Å². The maximum absolute atomic E-state index is 14.4. The van der Waals surface area contributed by atoms with E-state index in [1.807, 2.05) is 18.2 Å². The van der Waals surface area contributed by atoms with Crippen LogP contribution >= 0.6 is 0 Å². The first-order valence-corrected chi connectivity index (χ1v) is 13.2. The maximum atomic E-state index is 14.4. The number of allylic oxidation sites excluding steroid dienone is 3. The van der Waals surface area contributed by atoms with E-state index in [4.69, 9.17) is 19.4 Å². The van der Waals surface area contributed by atoms with Crippen LogP contribution < -0.4 is 19.7 Å². The Morgan fingerprint density at radius 2 is 1.84 bits per heavy atom. The lowest BCUT2D eigenvalue weighted by molar-refractivity contribution is 0.163. The molecule has 1 saturated heterocycles. The molecule has 0 amide bonds. The molecule has 1 fully saturated rings. The second-order valence-electron chi connectivity index (χ2n) is 9.94. The topological polar surface area (TPSA) is 62.8 Å². The van der Waals surface area contributed by atoms with Crippen LogP contribution in [0.5, 0.6) is 11.5 Å². The molecule has 38 heavy (non-hydrogen) atoms. The van der Waals surface area contributed by atoms with Gasteiger partial charge in [-0.25, -0.2) is 14.4 Å². The Bertz CT molecular complexity index is 1350. The van der Waals surface area contributed by atoms with Gasteiger partial charge in [0.1, 0.15) is 11.9 Å². The van der Waals surface area contributed by atoms with Gasteiger partial charge in [-0.3, -0.25) is 4.90 Å². The molecule has 6 rings (SSSR count). The zero-order valence-electron chi connectivity index (χ0n) is 21.6. The van der Waals surface area contributed by atoms with Crippen molar-refractivity contribution in [3.05, 3.63) is 95.2 Å². The van der Waals surface area contributed by atoms with E-state index in [-0.39, 0.29) is 11.9 Å². The SMILES string of the molecule is COc1ccc(OC2CCN(c3nc4c(nc3NC3=CC=C3)CCN(Cc3ccccc3)C4)CC2)c(F)c1. The zero-order chi connectivity index (χ0) is 25.9. The van der Waals surface area contributed by atoms with Gasteiger partial charge in [0.15, 0.2) is 23.2 Å². The lowest BCUT2D eigenvalue weighted by atomic mass is 10.1. The molecule has 0 saturated carbocycles. The van der Waals surface area contributed by atoms with Gasteiger partial charge < -0.3 is 19.7 Å². The van der Waals surface area contributed by atoms with Crippen molar-refractivity contribution in [3.63, 3.8) is 0 Å². The molecule has 0 radical (unpaired) electrons. The van der Waals surface area contributed by atoms with Gasteiger partial charge in [0.05, 0.1) is 18.5 Å². The molecule has 1 aliphatic carbocycles. The summed E-state index contributed by atoms with van der Waals surface area (Å²) in [7, 11) is 1.52. The fraction of sp³-hybridized carbons (Fsp3) is 0.333. The van der Waals surface area contributed by atoms with Crippen molar-refractivity contribution >= 4 is 11.6 Å². The summed E-state index contributed by atoms with van der Waals surface area (Å²) in [6.45, 7) is 4.16. The number of fused-ring (bicyclic) bond motifs is 1. The van der Waals surface area contributed by atoms with Crippen LogP contribution in [0.1, 0.15) is 29.8 Å². The molecule has 8 heteroatoms. The number of methoxy groups -OCH3 is 1. The molecule has 1 aromatic heterocycles. The molecule has 0 atom stereocenters. The number of nitrogens with one attached hydrogen (secondary N) is 1. The third-order valence-electron chi connectivity index (χ3n) is 7.31. The summed E-state index contributed by atoms with van der Waals surface area (Å²) in [5.74, 6) is 2.02. The Morgan fingerprint density at radius 3 is 2.55 bits per heavy atom. The van der Waals surface area contributed by atoms with Crippen LogP contribution in [0, 0.1) is 5.82 Å². The van der Waals surface area contributed by atoms with E-state index in [9.17, 15) is 4.39 Å². The van der Waals surface area contributed by atoms with Gasteiger partial charge in [-0.2, -0.15) is 0 Å². The van der Waals surface area contributed by atoms with Crippen molar-refractivity contribution in [2.75, 3.05) is 37.0 Å². The third-order valence-corrected chi connectivity index (χ3v) is 7.31. The molecule has 0 spiro atoms. The van der Waals surface area contributed by atoms with Crippen molar-refractivity contribution in [1.82, 2.24) is 14.9 Å². The fourth-order valence-electron chi connectivity index (χ4n) is 5.14. The van der Waals surface area contributed by atoms with Gasteiger partial charge in [0, 0.05) is 63.7 Å². The quantitative estimate of drug-likeness (QED) is 0.450. The zero-order valence-corrected chi connectivity index (χ0v) is 21.6. The van der Waals surface area contributed by atoms with Gasteiger partial charge >= 0.3 is 0 Å². The van der Waals surface area contributed by atoms with Gasteiger partial charge in [0.25, 0.3) is 0 Å². The molecule has 2 aromatic carbocycles. The number of hydrogen-bond acceptors (Lipinski definition) is 7. The normalized spacial score (nSPS) is 17.4. The van der Waals surface area contributed by atoms with Crippen LogP contribution in [0.15, 0.2) is 72.5 Å². The van der Waals surface area contributed by atoms with Crippen LogP contribution in [-0.4, -0.2) is 47.7 Å². The first-order chi connectivity index (χ1) is 18.6. The highest BCUT2D eigenvalue weighted by Crippen LogP contribution is 2.32. The molecular formula is C30H32FN5O2. The van der Waals surface area contributed by atoms with E-state index < -0.39 is 5.82 Å². The summed E-state index contributed by atoms with van der Waals surface area (Å²) >= 11 is 0. The number of nitrogens with zero attached hydrogens (tertiary/aromatic N) is 4. The predicted molar refractivity (Wildman–Crippen MR) is 146 cm³/mol. The van der Waals surface area contributed by atoms with Gasteiger partial charge in [-0.15, -0.1) is 0 Å². The molecule has 3 aromatic rings. The lowest BCUT2D eigenvalue weighted by Crippen LogP contribution is -2.40. The molecule has 3 aliphatic rings. The Morgan fingerprint density at radius 1 is 1.03 bits per heavy atom. The Hall–Kier alpha value is -3.91. The highest BCUT2D eigenvalue weighted by molar-refractivity contribution is 5.66. The van der Waals surface area contributed by atoms with Crippen LogP contribution in [0.2, 0.25) is 0 Å². The van der Waals surface area contributed by atoms with E-state index in [0.717, 1.165) is 80.7 Å². The molecule has 3 heterocycles. The molecule has 0 bridgehead atoms. The summed E-state index contributed by atoms with van der Waals surface area (Å²) in [5, 5.41) is 3.47. The maximum Gasteiger partial charge on any atom is 0.174 e. The van der Waals surface area contributed by atoms with E-state index in [1.165, 1.54) is 18.7 Å². The minimum atomic E-state index is -0.402. The summed E-state index contributed by atoms with van der Waals surface area (Å²) in [5.41, 5.74) is 4.46. The van der Waals surface area contributed by atoms with Crippen LogP contribution in [-0.2, 0) is 19.5 Å².